The maximum atomic E-state index is 3.63. The Morgan fingerprint density at radius 3 is 2.26 bits per heavy atom. The summed E-state index contributed by atoms with van der Waals surface area (Å²) in [5.41, 5.74) is 1.44. The monoisotopic (exact) mass is 261 g/mol. The molecule has 0 saturated heterocycles. The molecule has 0 aromatic heterocycles. The van der Waals surface area contributed by atoms with Gasteiger partial charge in [0.1, 0.15) is 0 Å². The number of hydrogen-bond acceptors (Lipinski definition) is 1. The van der Waals surface area contributed by atoms with Crippen LogP contribution in [0.3, 0.4) is 0 Å². The van der Waals surface area contributed by atoms with Crippen LogP contribution in [0.1, 0.15) is 70.9 Å². The van der Waals surface area contributed by atoms with Gasteiger partial charge in [0.2, 0.25) is 0 Å². The van der Waals surface area contributed by atoms with Crippen molar-refractivity contribution in [1.82, 2.24) is 5.32 Å². The lowest BCUT2D eigenvalue weighted by Crippen LogP contribution is -2.21. The van der Waals surface area contributed by atoms with Gasteiger partial charge in [-0.1, -0.05) is 76.8 Å². The first-order valence-corrected chi connectivity index (χ1v) is 8.10. The molecule has 0 amide bonds. The number of nitrogens with one attached hydrogen (secondary N) is 1. The van der Waals surface area contributed by atoms with E-state index in [-0.39, 0.29) is 0 Å². The average molecular weight is 261 g/mol. The summed E-state index contributed by atoms with van der Waals surface area (Å²) in [5, 5.41) is 3.63. The first kappa shape index (κ1) is 16.2. The molecule has 1 nitrogen and oxygen atoms in total. The summed E-state index contributed by atoms with van der Waals surface area (Å²) in [6.45, 7) is 7.87. The van der Waals surface area contributed by atoms with E-state index in [1.165, 1.54) is 44.1 Å². The molecule has 0 aliphatic carbocycles. The number of rotatable bonds is 10. The van der Waals surface area contributed by atoms with Gasteiger partial charge in [0.15, 0.2) is 0 Å². The van der Waals surface area contributed by atoms with Crippen LogP contribution in [-0.4, -0.2) is 6.54 Å². The van der Waals surface area contributed by atoms with Crippen molar-refractivity contribution in [1.29, 1.82) is 0 Å². The minimum Gasteiger partial charge on any atom is -0.310 e. The Morgan fingerprint density at radius 2 is 1.68 bits per heavy atom. The highest BCUT2D eigenvalue weighted by Crippen LogP contribution is 2.25. The predicted molar refractivity (Wildman–Crippen MR) is 85.4 cm³/mol. The SMILES string of the molecule is CCCCC(CC)CCC(NCC)c1ccccc1. The van der Waals surface area contributed by atoms with E-state index in [1.807, 2.05) is 0 Å². The second kappa shape index (κ2) is 10.0. The van der Waals surface area contributed by atoms with E-state index in [9.17, 15) is 0 Å². The molecule has 2 atom stereocenters. The molecule has 1 aromatic rings. The first-order chi connectivity index (χ1) is 9.31. The van der Waals surface area contributed by atoms with Crippen molar-refractivity contribution < 1.29 is 0 Å². The van der Waals surface area contributed by atoms with E-state index >= 15 is 0 Å². The van der Waals surface area contributed by atoms with Gasteiger partial charge in [-0.2, -0.15) is 0 Å². The average Bonchev–Trinajstić information content (AvgIpc) is 2.47. The van der Waals surface area contributed by atoms with Crippen molar-refractivity contribution >= 4 is 0 Å². The van der Waals surface area contributed by atoms with Gasteiger partial charge in [-0.3, -0.25) is 0 Å². The highest BCUT2D eigenvalue weighted by molar-refractivity contribution is 5.18. The van der Waals surface area contributed by atoms with Gasteiger partial charge in [-0.05, 0) is 30.9 Å². The van der Waals surface area contributed by atoms with Crippen molar-refractivity contribution in [3.63, 3.8) is 0 Å². The van der Waals surface area contributed by atoms with Gasteiger partial charge in [0.25, 0.3) is 0 Å². The van der Waals surface area contributed by atoms with E-state index < -0.39 is 0 Å². The van der Waals surface area contributed by atoms with E-state index in [4.69, 9.17) is 0 Å². The molecular formula is C18H31N. The van der Waals surface area contributed by atoms with Crippen LogP contribution in [-0.2, 0) is 0 Å². The van der Waals surface area contributed by atoms with Crippen LogP contribution in [0.4, 0.5) is 0 Å². The van der Waals surface area contributed by atoms with Gasteiger partial charge in [-0.25, -0.2) is 0 Å². The van der Waals surface area contributed by atoms with Crippen molar-refractivity contribution in [2.75, 3.05) is 6.54 Å². The molecule has 0 spiro atoms. The van der Waals surface area contributed by atoms with Gasteiger partial charge in [0, 0.05) is 6.04 Å². The van der Waals surface area contributed by atoms with Crippen molar-refractivity contribution in [3.8, 4) is 0 Å². The fourth-order valence-corrected chi connectivity index (χ4v) is 2.77. The molecule has 19 heavy (non-hydrogen) atoms. The number of hydrogen-bond donors (Lipinski definition) is 1. The molecule has 0 aliphatic heterocycles. The minimum absolute atomic E-state index is 0.530. The summed E-state index contributed by atoms with van der Waals surface area (Å²) in [4.78, 5) is 0. The molecule has 0 fully saturated rings. The zero-order valence-electron chi connectivity index (χ0n) is 13.0. The Labute approximate surface area is 119 Å². The normalized spacial score (nSPS) is 14.3. The molecule has 0 radical (unpaired) electrons. The molecule has 1 heteroatoms. The molecule has 0 bridgehead atoms. The van der Waals surface area contributed by atoms with E-state index in [0.29, 0.717) is 6.04 Å². The second-order valence-electron chi connectivity index (χ2n) is 5.51. The van der Waals surface area contributed by atoms with Crippen molar-refractivity contribution in [2.24, 2.45) is 5.92 Å². The fourth-order valence-electron chi connectivity index (χ4n) is 2.77. The predicted octanol–water partition coefficient (Wildman–Crippen LogP) is 5.33. The maximum Gasteiger partial charge on any atom is 0.0320 e. The standard InChI is InChI=1S/C18H31N/c1-4-7-11-16(5-2)14-15-18(19-6-3)17-12-9-8-10-13-17/h8-10,12-13,16,18-19H,4-7,11,14-15H2,1-3H3. The van der Waals surface area contributed by atoms with Gasteiger partial charge in [0.05, 0.1) is 0 Å². The molecule has 1 N–H and O–H groups in total. The third-order valence-electron chi connectivity index (χ3n) is 4.06. The lowest BCUT2D eigenvalue weighted by molar-refractivity contribution is 0.374. The molecule has 0 heterocycles. The maximum absolute atomic E-state index is 3.63. The zero-order chi connectivity index (χ0) is 13.9. The Morgan fingerprint density at radius 1 is 0.947 bits per heavy atom. The molecule has 0 saturated carbocycles. The Balaban J connectivity index is 2.49. The minimum atomic E-state index is 0.530. The smallest absolute Gasteiger partial charge is 0.0320 e. The van der Waals surface area contributed by atoms with Crippen LogP contribution in [0.2, 0.25) is 0 Å². The Hall–Kier alpha value is -0.820. The van der Waals surface area contributed by atoms with Crippen LogP contribution in [0.5, 0.6) is 0 Å². The lowest BCUT2D eigenvalue weighted by atomic mass is 9.90. The quantitative estimate of drug-likeness (QED) is 0.600. The summed E-state index contributed by atoms with van der Waals surface area (Å²) in [6.07, 6.45) is 8.05. The van der Waals surface area contributed by atoms with Crippen LogP contribution in [0, 0.1) is 5.92 Å². The molecule has 0 aliphatic rings. The second-order valence-corrected chi connectivity index (χ2v) is 5.51. The third kappa shape index (κ3) is 6.24. The van der Waals surface area contributed by atoms with Gasteiger partial charge in [-0.15, -0.1) is 0 Å². The molecule has 1 rings (SSSR count). The number of benzene rings is 1. The van der Waals surface area contributed by atoms with Gasteiger partial charge >= 0.3 is 0 Å². The highest BCUT2D eigenvalue weighted by Gasteiger charge is 2.13. The summed E-state index contributed by atoms with van der Waals surface area (Å²) in [6, 6.07) is 11.4. The topological polar surface area (TPSA) is 12.0 Å². The fraction of sp³-hybridized carbons (Fsp3) is 0.667. The third-order valence-corrected chi connectivity index (χ3v) is 4.06. The molecule has 108 valence electrons. The van der Waals surface area contributed by atoms with E-state index in [1.54, 1.807) is 0 Å². The largest absolute Gasteiger partial charge is 0.310 e. The van der Waals surface area contributed by atoms with Crippen LogP contribution >= 0.6 is 0 Å². The Bertz CT molecular complexity index is 307. The number of unbranched alkanes of at least 4 members (excludes halogenated alkanes) is 1. The van der Waals surface area contributed by atoms with Crippen molar-refractivity contribution in [3.05, 3.63) is 35.9 Å². The summed E-state index contributed by atoms with van der Waals surface area (Å²) in [5.74, 6) is 0.907. The van der Waals surface area contributed by atoms with Crippen LogP contribution < -0.4 is 5.32 Å². The molecule has 2 unspecified atom stereocenters. The highest BCUT2D eigenvalue weighted by atomic mass is 14.9. The van der Waals surface area contributed by atoms with Gasteiger partial charge < -0.3 is 5.32 Å². The van der Waals surface area contributed by atoms with E-state index in [2.05, 4.69) is 56.4 Å². The van der Waals surface area contributed by atoms with Crippen LogP contribution in [0.15, 0.2) is 30.3 Å². The van der Waals surface area contributed by atoms with E-state index in [0.717, 1.165) is 12.5 Å². The van der Waals surface area contributed by atoms with Crippen LogP contribution in [0.25, 0.3) is 0 Å². The zero-order valence-corrected chi connectivity index (χ0v) is 13.0. The molecular weight excluding hydrogens is 230 g/mol. The lowest BCUT2D eigenvalue weighted by Gasteiger charge is -2.21. The summed E-state index contributed by atoms with van der Waals surface area (Å²) < 4.78 is 0. The summed E-state index contributed by atoms with van der Waals surface area (Å²) >= 11 is 0. The first-order valence-electron chi connectivity index (χ1n) is 8.10. The van der Waals surface area contributed by atoms with Crippen molar-refractivity contribution in [2.45, 2.75) is 65.3 Å². The molecule has 1 aromatic carbocycles. The summed E-state index contributed by atoms with van der Waals surface area (Å²) in [7, 11) is 0. The Kier molecular flexibility index (Phi) is 8.57.